The fourth-order valence-electron chi connectivity index (χ4n) is 3.81. The lowest BCUT2D eigenvalue weighted by molar-refractivity contribution is -0.514. The molecule has 1 aromatic heterocycles. The van der Waals surface area contributed by atoms with Gasteiger partial charge in [-0.3, -0.25) is 5.32 Å². The minimum atomic E-state index is 0. The van der Waals surface area contributed by atoms with Gasteiger partial charge in [-0.05, 0) is 50.3 Å². The number of allylic oxidation sites excluding steroid dienone is 1. The lowest BCUT2D eigenvalue weighted by Crippen LogP contribution is -3.00. The van der Waals surface area contributed by atoms with E-state index < -0.39 is 0 Å². The van der Waals surface area contributed by atoms with Crippen molar-refractivity contribution in [3.05, 3.63) is 47.0 Å². The first-order chi connectivity index (χ1) is 12.7. The maximum absolute atomic E-state index is 5.23. The summed E-state index contributed by atoms with van der Waals surface area (Å²) in [5.74, 6) is 2.90. The zero-order valence-electron chi connectivity index (χ0n) is 16.0. The summed E-state index contributed by atoms with van der Waals surface area (Å²) in [7, 11) is 1.70. The van der Waals surface area contributed by atoms with E-state index in [0.29, 0.717) is 0 Å². The topological polar surface area (TPSA) is 54.9 Å². The van der Waals surface area contributed by atoms with Crippen molar-refractivity contribution >= 4 is 17.6 Å². The van der Waals surface area contributed by atoms with Crippen LogP contribution in [0.3, 0.4) is 0 Å². The molecule has 1 saturated heterocycles. The molecule has 0 saturated carbocycles. The molecule has 1 fully saturated rings. The average molecular weight is 387 g/mol. The molecular weight excluding hydrogens is 360 g/mol. The smallest absolute Gasteiger partial charge is 0.203 e. The van der Waals surface area contributed by atoms with Gasteiger partial charge in [0, 0.05) is 25.6 Å². The molecule has 3 heterocycles. The van der Waals surface area contributed by atoms with E-state index in [4.69, 9.17) is 9.72 Å². The van der Waals surface area contributed by atoms with E-state index in [1.165, 1.54) is 36.2 Å². The molecule has 1 aromatic carbocycles. The molecule has 0 spiro atoms. The fraction of sp³-hybridized carbons (Fsp3) is 0.429. The zero-order chi connectivity index (χ0) is 17.9. The van der Waals surface area contributed by atoms with Crippen LogP contribution in [0.25, 0.3) is 6.08 Å². The van der Waals surface area contributed by atoms with Gasteiger partial charge >= 0.3 is 0 Å². The molecule has 0 radical (unpaired) electrons. The first-order valence-electron chi connectivity index (χ1n) is 9.55. The van der Waals surface area contributed by atoms with Crippen LogP contribution in [-0.2, 0) is 6.42 Å². The Morgan fingerprint density at radius 3 is 2.48 bits per heavy atom. The van der Waals surface area contributed by atoms with Gasteiger partial charge in [-0.1, -0.05) is 12.1 Å². The SMILES string of the molecule is COc1ccc(CCC2=Cc3nc(C)nc(N4CCCCC4)c3[NH2+]2)cc1.[Cl-]. The largest absolute Gasteiger partial charge is 1.00 e. The molecule has 6 heteroatoms. The lowest BCUT2D eigenvalue weighted by Gasteiger charge is -2.28. The number of ether oxygens (including phenoxy) is 1. The number of aryl methyl sites for hydroxylation is 2. The number of halogens is 1. The maximum Gasteiger partial charge on any atom is 0.203 e. The number of piperidine rings is 1. The molecular formula is C21H27ClN4O. The molecule has 27 heavy (non-hydrogen) atoms. The number of quaternary nitrogens is 1. The third kappa shape index (κ3) is 4.42. The summed E-state index contributed by atoms with van der Waals surface area (Å²) in [4.78, 5) is 11.9. The van der Waals surface area contributed by atoms with Crippen LogP contribution in [0.2, 0.25) is 0 Å². The number of rotatable bonds is 5. The summed E-state index contributed by atoms with van der Waals surface area (Å²) in [6.07, 6.45) is 8.12. The number of aromatic nitrogens is 2. The number of hydrogen-bond donors (Lipinski definition) is 1. The summed E-state index contributed by atoms with van der Waals surface area (Å²) in [5.41, 5.74) is 4.97. The van der Waals surface area contributed by atoms with E-state index in [-0.39, 0.29) is 12.4 Å². The highest BCUT2D eigenvalue weighted by molar-refractivity contribution is 5.72. The fourth-order valence-corrected chi connectivity index (χ4v) is 3.81. The first-order valence-corrected chi connectivity index (χ1v) is 9.55. The Labute approximate surface area is 167 Å². The normalized spacial score (nSPS) is 15.8. The first kappa shape index (κ1) is 19.6. The van der Waals surface area contributed by atoms with Crippen LogP contribution in [0, 0.1) is 6.92 Å². The van der Waals surface area contributed by atoms with E-state index in [9.17, 15) is 0 Å². The van der Waals surface area contributed by atoms with Crippen molar-refractivity contribution in [3.8, 4) is 5.75 Å². The molecule has 5 nitrogen and oxygen atoms in total. The van der Waals surface area contributed by atoms with Crippen molar-refractivity contribution in [2.24, 2.45) is 0 Å². The molecule has 2 aliphatic rings. The Morgan fingerprint density at radius 2 is 1.78 bits per heavy atom. The Morgan fingerprint density at radius 1 is 1.04 bits per heavy atom. The second-order valence-electron chi connectivity index (χ2n) is 7.15. The van der Waals surface area contributed by atoms with Gasteiger partial charge in [-0.25, -0.2) is 9.97 Å². The summed E-state index contributed by atoms with van der Waals surface area (Å²) in [5, 5.41) is 2.29. The number of fused-ring (bicyclic) bond motifs is 1. The highest BCUT2D eigenvalue weighted by Gasteiger charge is 2.28. The van der Waals surface area contributed by atoms with Crippen molar-refractivity contribution < 1.29 is 22.5 Å². The molecule has 144 valence electrons. The Hall–Kier alpha value is -2.11. The predicted octanol–water partition coefficient (Wildman–Crippen LogP) is -0.0299. The molecule has 0 aliphatic carbocycles. The van der Waals surface area contributed by atoms with Gasteiger partial charge in [0.1, 0.15) is 23.0 Å². The second kappa shape index (κ2) is 8.72. The summed E-state index contributed by atoms with van der Waals surface area (Å²) in [6.45, 7) is 4.22. The van der Waals surface area contributed by atoms with Crippen molar-refractivity contribution in [2.75, 3.05) is 25.1 Å². The quantitative estimate of drug-likeness (QED) is 0.784. The standard InChI is InChI=1S/C21H26N4O.ClH/c1-15-22-19-14-17(9-6-16-7-10-18(26-2)11-8-16)24-20(19)21(23-15)25-12-4-3-5-13-25;/h7-8,10-11,14,24H,3-6,9,12-13H2,1-2H3;1H. The number of hydrogen-bond acceptors (Lipinski definition) is 4. The predicted molar refractivity (Wildman–Crippen MR) is 104 cm³/mol. The Bertz CT molecular complexity index is 814. The zero-order valence-corrected chi connectivity index (χ0v) is 16.8. The molecule has 2 aliphatic heterocycles. The average Bonchev–Trinajstić information content (AvgIpc) is 3.09. The molecule has 2 N–H and O–H groups in total. The number of nitrogens with two attached hydrogens (primary N) is 1. The van der Waals surface area contributed by atoms with Crippen LogP contribution in [0.4, 0.5) is 11.5 Å². The van der Waals surface area contributed by atoms with Crippen molar-refractivity contribution in [1.82, 2.24) is 9.97 Å². The monoisotopic (exact) mass is 386 g/mol. The minimum absolute atomic E-state index is 0. The maximum atomic E-state index is 5.23. The number of methoxy groups -OCH3 is 1. The molecule has 4 rings (SSSR count). The van der Waals surface area contributed by atoms with Crippen LogP contribution >= 0.6 is 0 Å². The molecule has 0 unspecified atom stereocenters. The van der Waals surface area contributed by atoms with E-state index in [2.05, 4.69) is 33.4 Å². The highest BCUT2D eigenvalue weighted by atomic mass is 35.5. The van der Waals surface area contributed by atoms with Crippen LogP contribution in [-0.4, -0.2) is 30.2 Å². The third-order valence-corrected chi connectivity index (χ3v) is 5.24. The lowest BCUT2D eigenvalue weighted by atomic mass is 10.1. The van der Waals surface area contributed by atoms with Crippen molar-refractivity contribution in [3.63, 3.8) is 0 Å². The van der Waals surface area contributed by atoms with E-state index >= 15 is 0 Å². The van der Waals surface area contributed by atoms with Gasteiger partial charge in [0.2, 0.25) is 5.69 Å². The number of nitrogens with zero attached hydrogens (tertiary/aromatic N) is 3. The van der Waals surface area contributed by atoms with Gasteiger partial charge in [-0.15, -0.1) is 0 Å². The van der Waals surface area contributed by atoms with Gasteiger partial charge < -0.3 is 22.0 Å². The van der Waals surface area contributed by atoms with Gasteiger partial charge in [0.15, 0.2) is 5.82 Å². The van der Waals surface area contributed by atoms with Gasteiger partial charge in [0.25, 0.3) is 0 Å². The number of anilines is 1. The van der Waals surface area contributed by atoms with Crippen molar-refractivity contribution in [1.29, 1.82) is 0 Å². The van der Waals surface area contributed by atoms with Gasteiger partial charge in [0.05, 0.1) is 7.11 Å². The van der Waals surface area contributed by atoms with E-state index in [1.807, 2.05) is 19.1 Å². The Balaban J connectivity index is 0.00000210. The number of benzene rings is 1. The van der Waals surface area contributed by atoms with Crippen LogP contribution in [0.5, 0.6) is 5.75 Å². The summed E-state index contributed by atoms with van der Waals surface area (Å²) < 4.78 is 5.23. The van der Waals surface area contributed by atoms with Gasteiger partial charge in [-0.2, -0.15) is 0 Å². The molecule has 2 aromatic rings. The summed E-state index contributed by atoms with van der Waals surface area (Å²) >= 11 is 0. The summed E-state index contributed by atoms with van der Waals surface area (Å²) in [6, 6.07) is 8.34. The third-order valence-electron chi connectivity index (χ3n) is 5.24. The van der Waals surface area contributed by atoms with E-state index in [1.54, 1.807) is 7.11 Å². The molecule has 0 atom stereocenters. The second-order valence-corrected chi connectivity index (χ2v) is 7.15. The molecule has 0 bridgehead atoms. The Kier molecular flexibility index (Phi) is 6.34. The van der Waals surface area contributed by atoms with E-state index in [0.717, 1.165) is 49.0 Å². The van der Waals surface area contributed by atoms with Crippen LogP contribution < -0.4 is 27.4 Å². The van der Waals surface area contributed by atoms with Crippen LogP contribution in [0.1, 0.15) is 42.8 Å². The minimum Gasteiger partial charge on any atom is -1.00 e. The molecule has 0 amide bonds. The van der Waals surface area contributed by atoms with Crippen LogP contribution in [0.15, 0.2) is 30.0 Å². The van der Waals surface area contributed by atoms with Crippen molar-refractivity contribution in [2.45, 2.75) is 39.0 Å². The highest BCUT2D eigenvalue weighted by Crippen LogP contribution is 2.30.